The van der Waals surface area contributed by atoms with Crippen LogP contribution in [0, 0.1) is 5.92 Å². The second-order valence-corrected chi connectivity index (χ2v) is 11.9. The van der Waals surface area contributed by atoms with Gasteiger partial charge in [-0.2, -0.15) is 9.97 Å². The highest BCUT2D eigenvalue weighted by molar-refractivity contribution is 7.48. The molecule has 1 saturated carbocycles. The van der Waals surface area contributed by atoms with E-state index in [-0.39, 0.29) is 43.3 Å². The number of hydrogen-bond donors (Lipinski definition) is 4. The summed E-state index contributed by atoms with van der Waals surface area (Å²) in [5, 5.41) is 13.4. The Kier molecular flexibility index (Phi) is 9.82. The standard InChI is InChI=1S/C14H18N6O.C14H18NO8P/c15-14-18-12(17-9-2-3-9)11-13(19-14)20(7-16-11)10-4-1-8(5-10)6-21;1-3-20-15(21-4-2)14(11-8-6-5-7-9-11)10-12(16)22-24(18,19)23-13(14)17/h1,4,7-10,21H,2-3,5-6H2,(H3,15,17,18,19);5-9H,3-4,10H2,1-2H3,(H,18,19)/t8-,10+;14-/m11/s1. The number of aromatic nitrogens is 4. The Morgan fingerprint density at radius 2 is 1.84 bits per heavy atom. The first-order chi connectivity index (χ1) is 21.6. The Morgan fingerprint density at radius 3 is 2.47 bits per heavy atom. The number of nitrogen functional groups attached to an aromatic ring is 1. The molecular formula is C28H36N7O9P. The molecule has 0 bridgehead atoms. The van der Waals surface area contributed by atoms with Crippen LogP contribution in [0.3, 0.4) is 0 Å². The van der Waals surface area contributed by atoms with Crippen molar-refractivity contribution in [3.63, 3.8) is 0 Å². The van der Waals surface area contributed by atoms with Crippen molar-refractivity contribution in [3.05, 3.63) is 54.4 Å². The van der Waals surface area contributed by atoms with Crippen LogP contribution >= 0.6 is 7.82 Å². The number of rotatable bonds is 10. The normalized spacial score (nSPS) is 26.2. The number of carbonyl (C=O) groups excluding carboxylic acids is 2. The van der Waals surface area contributed by atoms with Gasteiger partial charge in [-0.3, -0.25) is 19.4 Å². The van der Waals surface area contributed by atoms with E-state index in [0.29, 0.717) is 6.04 Å². The molecule has 242 valence electrons. The summed E-state index contributed by atoms with van der Waals surface area (Å²) in [4.78, 5) is 58.0. The molecule has 45 heavy (non-hydrogen) atoms. The lowest BCUT2D eigenvalue weighted by Crippen LogP contribution is -2.53. The quantitative estimate of drug-likeness (QED) is 0.142. The number of anilines is 2. The summed E-state index contributed by atoms with van der Waals surface area (Å²) >= 11 is 0. The fraction of sp³-hybridized carbons (Fsp3) is 0.464. The van der Waals surface area contributed by atoms with Gasteiger partial charge < -0.3 is 29.8 Å². The molecule has 16 nitrogen and oxygen atoms in total. The van der Waals surface area contributed by atoms with Gasteiger partial charge in [0, 0.05) is 18.6 Å². The molecule has 1 aliphatic heterocycles. The van der Waals surface area contributed by atoms with E-state index >= 15 is 0 Å². The van der Waals surface area contributed by atoms with Crippen molar-refractivity contribution < 1.29 is 42.9 Å². The molecule has 0 radical (unpaired) electrons. The first kappa shape index (κ1) is 32.5. The molecule has 1 aromatic carbocycles. The molecule has 3 heterocycles. The van der Waals surface area contributed by atoms with Crippen molar-refractivity contribution in [1.29, 1.82) is 0 Å². The van der Waals surface area contributed by atoms with Crippen LogP contribution in [0.5, 0.6) is 0 Å². The number of nitrogens with zero attached hydrogens (tertiary/aromatic N) is 5. The van der Waals surface area contributed by atoms with Crippen LogP contribution in [-0.2, 0) is 38.4 Å². The SMILES string of the molecule is CCON(OCC)[C@@]1(c2ccccc2)CC(=O)OP(=O)(O)OC1=O.Nc1nc(NC2CC2)c2ncn([C@H]3C=C[C@@H](CO)C3)c2n1. The average Bonchev–Trinajstić information content (AvgIpc) is 3.53. The van der Waals surface area contributed by atoms with E-state index in [0.717, 1.165) is 41.5 Å². The number of hydroxylamine groups is 2. The summed E-state index contributed by atoms with van der Waals surface area (Å²) in [6.07, 6.45) is 8.48. The summed E-state index contributed by atoms with van der Waals surface area (Å²) < 4.78 is 22.6. The van der Waals surface area contributed by atoms with Gasteiger partial charge in [0.25, 0.3) is 0 Å². The molecule has 4 atom stereocenters. The maximum absolute atomic E-state index is 12.7. The van der Waals surface area contributed by atoms with Gasteiger partial charge in [-0.15, -0.1) is 0 Å². The van der Waals surface area contributed by atoms with Gasteiger partial charge in [0.2, 0.25) is 11.5 Å². The molecule has 1 saturated heterocycles. The topological polar surface area (TPSA) is 213 Å². The Bertz CT molecular complexity index is 1590. The number of allylic oxidation sites excluding steroid dienone is 1. The first-order valence-electron chi connectivity index (χ1n) is 14.6. The van der Waals surface area contributed by atoms with Crippen LogP contribution in [0.2, 0.25) is 0 Å². The van der Waals surface area contributed by atoms with Gasteiger partial charge in [-0.05, 0) is 43.9 Å². The number of nitrogens with one attached hydrogen (secondary N) is 1. The highest BCUT2D eigenvalue weighted by atomic mass is 31.2. The van der Waals surface area contributed by atoms with Crippen molar-refractivity contribution in [3.8, 4) is 0 Å². The van der Waals surface area contributed by atoms with Gasteiger partial charge in [0.1, 0.15) is 0 Å². The zero-order chi connectivity index (χ0) is 32.2. The number of imidazole rings is 1. The molecule has 3 aromatic rings. The smallest absolute Gasteiger partial charge is 0.396 e. The summed E-state index contributed by atoms with van der Waals surface area (Å²) in [6, 6.07) is 8.72. The van der Waals surface area contributed by atoms with Crippen molar-refractivity contribution in [2.45, 2.75) is 57.2 Å². The predicted octanol–water partition coefficient (Wildman–Crippen LogP) is 2.77. The van der Waals surface area contributed by atoms with E-state index in [1.54, 1.807) is 50.5 Å². The molecule has 17 heteroatoms. The molecule has 6 rings (SSSR count). The summed E-state index contributed by atoms with van der Waals surface area (Å²) in [5.74, 6) is -1.10. The van der Waals surface area contributed by atoms with E-state index in [1.165, 1.54) is 0 Å². The molecule has 0 amide bonds. The number of phosphoric ester groups is 1. The Morgan fingerprint density at radius 1 is 1.13 bits per heavy atom. The molecule has 3 aliphatic rings. The number of hydrogen-bond acceptors (Lipinski definition) is 14. The van der Waals surface area contributed by atoms with E-state index in [2.05, 4.69) is 35.4 Å². The third kappa shape index (κ3) is 7.16. The van der Waals surface area contributed by atoms with Gasteiger partial charge >= 0.3 is 19.8 Å². The molecule has 0 spiro atoms. The highest BCUT2D eigenvalue weighted by Gasteiger charge is 2.57. The lowest BCUT2D eigenvalue weighted by molar-refractivity contribution is -0.407. The van der Waals surface area contributed by atoms with E-state index in [9.17, 15) is 24.2 Å². The van der Waals surface area contributed by atoms with Gasteiger partial charge in [0.05, 0.1) is 32.0 Å². The van der Waals surface area contributed by atoms with E-state index < -0.39 is 31.7 Å². The number of aliphatic hydroxyl groups is 1. The second-order valence-electron chi connectivity index (χ2n) is 10.6. The van der Waals surface area contributed by atoms with Crippen LogP contribution in [0.15, 0.2) is 48.8 Å². The number of nitrogens with two attached hydrogens (primary N) is 1. The van der Waals surface area contributed by atoms with E-state index in [1.807, 2.05) is 10.6 Å². The Balaban J connectivity index is 0.000000179. The summed E-state index contributed by atoms with van der Waals surface area (Å²) in [5.41, 5.74) is 5.72. The average molecular weight is 646 g/mol. The zero-order valence-corrected chi connectivity index (χ0v) is 25.7. The first-order valence-corrected chi connectivity index (χ1v) is 16.1. The van der Waals surface area contributed by atoms with Crippen LogP contribution in [-0.4, -0.2) is 72.5 Å². The highest BCUT2D eigenvalue weighted by Crippen LogP contribution is 2.51. The van der Waals surface area contributed by atoms with E-state index in [4.69, 9.17) is 15.4 Å². The largest absolute Gasteiger partial charge is 0.589 e. The number of phosphoric acid groups is 1. The number of carbonyl (C=O) groups is 2. The monoisotopic (exact) mass is 645 g/mol. The zero-order valence-electron chi connectivity index (χ0n) is 24.8. The summed E-state index contributed by atoms with van der Waals surface area (Å²) in [7, 11) is -4.86. The van der Waals surface area contributed by atoms with Crippen molar-refractivity contribution in [1.82, 2.24) is 24.7 Å². The Hall–Kier alpha value is -3.92. The summed E-state index contributed by atoms with van der Waals surface area (Å²) in [6.45, 7) is 3.72. The van der Waals surface area contributed by atoms with Gasteiger partial charge in [-0.1, -0.05) is 42.5 Å². The lowest BCUT2D eigenvalue weighted by Gasteiger charge is -2.37. The number of fused-ring (bicyclic) bond motifs is 1. The maximum atomic E-state index is 12.7. The fourth-order valence-electron chi connectivity index (χ4n) is 5.10. The maximum Gasteiger partial charge on any atom is 0.589 e. The third-order valence-electron chi connectivity index (χ3n) is 7.31. The fourth-order valence-corrected chi connectivity index (χ4v) is 5.82. The van der Waals surface area contributed by atoms with Crippen LogP contribution in [0.4, 0.5) is 11.8 Å². The predicted molar refractivity (Wildman–Crippen MR) is 160 cm³/mol. The minimum absolute atomic E-state index is 0.119. The Labute approximate surface area is 258 Å². The molecule has 1 unspecified atom stereocenters. The molecule has 2 aromatic heterocycles. The minimum atomic E-state index is -4.86. The number of aliphatic hydroxyl groups excluding tert-OH is 1. The number of benzene rings is 1. The van der Waals surface area contributed by atoms with Gasteiger partial charge in [-0.25, -0.2) is 14.3 Å². The molecule has 2 fully saturated rings. The van der Waals surface area contributed by atoms with Crippen molar-refractivity contribution in [2.75, 3.05) is 30.9 Å². The molecule has 5 N–H and O–H groups in total. The van der Waals surface area contributed by atoms with Crippen LogP contribution in [0.25, 0.3) is 11.2 Å². The molecule has 2 aliphatic carbocycles. The minimum Gasteiger partial charge on any atom is -0.396 e. The van der Waals surface area contributed by atoms with Crippen molar-refractivity contribution in [2.24, 2.45) is 5.92 Å². The second kappa shape index (κ2) is 13.6. The van der Waals surface area contributed by atoms with Crippen molar-refractivity contribution >= 4 is 42.7 Å². The molecular weight excluding hydrogens is 609 g/mol. The van der Waals surface area contributed by atoms with Gasteiger partial charge in [0.15, 0.2) is 17.0 Å². The van der Waals surface area contributed by atoms with Crippen LogP contribution < -0.4 is 11.1 Å². The lowest BCUT2D eigenvalue weighted by atomic mass is 9.87. The third-order valence-corrected chi connectivity index (χ3v) is 8.14. The van der Waals surface area contributed by atoms with Crippen LogP contribution in [0.1, 0.15) is 51.1 Å².